The Balaban J connectivity index is 2.04. The van der Waals surface area contributed by atoms with Gasteiger partial charge >= 0.3 is 0 Å². The van der Waals surface area contributed by atoms with Crippen LogP contribution in [0.15, 0.2) is 24.0 Å². The second-order valence-electron chi connectivity index (χ2n) is 3.32. The van der Waals surface area contributed by atoms with Gasteiger partial charge in [0, 0.05) is 4.88 Å². The molecule has 1 aliphatic rings. The van der Waals surface area contributed by atoms with E-state index >= 15 is 0 Å². The molecule has 0 fully saturated rings. The lowest BCUT2D eigenvalue weighted by Gasteiger charge is -2.21. The van der Waals surface area contributed by atoms with E-state index in [-0.39, 0.29) is 6.10 Å². The van der Waals surface area contributed by atoms with Crippen LogP contribution >= 0.6 is 11.3 Å². The maximum absolute atomic E-state index is 5.75. The molecule has 0 bridgehead atoms. The second-order valence-corrected chi connectivity index (χ2v) is 4.27. The number of nitrogens with one attached hydrogen (secondary N) is 1. The van der Waals surface area contributed by atoms with Gasteiger partial charge in [-0.1, -0.05) is 0 Å². The zero-order valence-electron chi connectivity index (χ0n) is 7.56. The lowest BCUT2D eigenvalue weighted by Crippen LogP contribution is -2.15. The molecule has 2 aromatic heterocycles. The molecule has 3 heterocycles. The Labute approximate surface area is 85.8 Å². The van der Waals surface area contributed by atoms with Crippen molar-refractivity contribution < 1.29 is 4.74 Å². The van der Waals surface area contributed by atoms with E-state index < -0.39 is 0 Å². The van der Waals surface area contributed by atoms with E-state index in [1.165, 1.54) is 10.4 Å². The molecule has 0 saturated carbocycles. The van der Waals surface area contributed by atoms with Gasteiger partial charge in [-0.3, -0.25) is 0 Å². The van der Waals surface area contributed by atoms with Crippen LogP contribution in [0.5, 0.6) is 0 Å². The van der Waals surface area contributed by atoms with Crippen molar-refractivity contribution in [1.82, 2.24) is 9.97 Å². The fourth-order valence-corrected chi connectivity index (χ4v) is 2.81. The number of aromatic amines is 1. The van der Waals surface area contributed by atoms with E-state index in [1.54, 1.807) is 17.7 Å². The number of thiophene rings is 1. The number of fused-ring (bicyclic) bond motifs is 1. The summed E-state index contributed by atoms with van der Waals surface area (Å²) >= 11 is 1.76. The summed E-state index contributed by atoms with van der Waals surface area (Å²) in [5.41, 5.74) is 2.47. The maximum Gasteiger partial charge on any atom is 0.133 e. The molecule has 0 unspecified atom stereocenters. The molecule has 14 heavy (non-hydrogen) atoms. The molecule has 0 amide bonds. The van der Waals surface area contributed by atoms with Crippen molar-refractivity contribution in [2.24, 2.45) is 0 Å². The largest absolute Gasteiger partial charge is 0.366 e. The molecular formula is C10H10N2OS. The number of hydrogen-bond acceptors (Lipinski definition) is 3. The number of H-pyrrole nitrogens is 1. The molecule has 1 N–H and O–H groups in total. The molecule has 1 aliphatic heterocycles. The van der Waals surface area contributed by atoms with Crippen LogP contribution in [0.3, 0.4) is 0 Å². The van der Waals surface area contributed by atoms with E-state index in [2.05, 4.69) is 21.4 Å². The Kier molecular flexibility index (Phi) is 1.89. The van der Waals surface area contributed by atoms with Gasteiger partial charge in [-0.25, -0.2) is 4.98 Å². The summed E-state index contributed by atoms with van der Waals surface area (Å²) < 4.78 is 5.75. The summed E-state index contributed by atoms with van der Waals surface area (Å²) in [5.74, 6) is 0. The first-order chi connectivity index (χ1) is 6.95. The van der Waals surface area contributed by atoms with Crippen LogP contribution in [0.25, 0.3) is 0 Å². The third-order valence-corrected chi connectivity index (χ3v) is 3.48. The zero-order valence-corrected chi connectivity index (χ0v) is 8.38. The van der Waals surface area contributed by atoms with Gasteiger partial charge in [0.2, 0.25) is 0 Å². The molecule has 0 aliphatic carbocycles. The molecular weight excluding hydrogens is 196 g/mol. The van der Waals surface area contributed by atoms with Crippen molar-refractivity contribution >= 4 is 11.3 Å². The van der Waals surface area contributed by atoms with Crippen molar-refractivity contribution in [3.05, 3.63) is 40.1 Å². The third-order valence-electron chi connectivity index (χ3n) is 2.48. The zero-order chi connectivity index (χ0) is 9.38. The fourth-order valence-electron chi connectivity index (χ4n) is 1.79. The van der Waals surface area contributed by atoms with Crippen molar-refractivity contribution in [1.29, 1.82) is 0 Å². The number of ether oxygens (including phenoxy) is 1. The molecule has 1 atom stereocenters. The van der Waals surface area contributed by atoms with Gasteiger partial charge < -0.3 is 9.72 Å². The van der Waals surface area contributed by atoms with Gasteiger partial charge in [-0.15, -0.1) is 11.3 Å². The molecule has 3 nitrogen and oxygen atoms in total. The molecule has 0 spiro atoms. The van der Waals surface area contributed by atoms with Gasteiger partial charge in [0.25, 0.3) is 0 Å². The predicted molar refractivity (Wildman–Crippen MR) is 54.4 cm³/mol. The van der Waals surface area contributed by atoms with Crippen LogP contribution in [0.2, 0.25) is 0 Å². The summed E-state index contributed by atoms with van der Waals surface area (Å²) in [6, 6.07) is 2.19. The number of hydrogen-bond donors (Lipinski definition) is 1. The highest BCUT2D eigenvalue weighted by Crippen LogP contribution is 2.35. The highest BCUT2D eigenvalue weighted by atomic mass is 32.1. The van der Waals surface area contributed by atoms with E-state index in [0.29, 0.717) is 0 Å². The smallest absolute Gasteiger partial charge is 0.133 e. The van der Waals surface area contributed by atoms with Gasteiger partial charge in [0.15, 0.2) is 0 Å². The first-order valence-electron chi connectivity index (χ1n) is 4.61. The van der Waals surface area contributed by atoms with E-state index in [0.717, 1.165) is 18.7 Å². The summed E-state index contributed by atoms with van der Waals surface area (Å²) in [6.07, 6.45) is 4.63. The fraction of sp³-hybridized carbons (Fsp3) is 0.300. The molecule has 0 radical (unpaired) electrons. The molecule has 0 saturated heterocycles. The van der Waals surface area contributed by atoms with Crippen LogP contribution in [-0.2, 0) is 11.2 Å². The third kappa shape index (κ3) is 1.19. The van der Waals surface area contributed by atoms with Crippen LogP contribution < -0.4 is 0 Å². The molecule has 3 rings (SSSR count). The first kappa shape index (κ1) is 8.20. The highest BCUT2D eigenvalue weighted by Gasteiger charge is 2.24. The van der Waals surface area contributed by atoms with Crippen molar-refractivity contribution in [3.8, 4) is 0 Å². The standard InChI is InChI=1S/C10H10N2OS/c1-3-13-9(8-5-11-6-12-8)10-7(1)2-4-14-10/h2,4-6,9H,1,3H2,(H,11,12)/t9-/m0/s1. The van der Waals surface area contributed by atoms with Crippen molar-refractivity contribution in [2.75, 3.05) is 6.61 Å². The normalized spacial score (nSPS) is 20.7. The number of aromatic nitrogens is 2. The van der Waals surface area contributed by atoms with Crippen LogP contribution in [0.4, 0.5) is 0 Å². The summed E-state index contributed by atoms with van der Waals surface area (Å²) in [7, 11) is 0. The number of rotatable bonds is 1. The summed E-state index contributed by atoms with van der Waals surface area (Å²) in [6.45, 7) is 0.799. The average Bonchev–Trinajstić information content (AvgIpc) is 2.88. The van der Waals surface area contributed by atoms with Crippen LogP contribution in [-0.4, -0.2) is 16.6 Å². The summed E-state index contributed by atoms with van der Waals surface area (Å²) in [5, 5.41) is 2.13. The molecule has 4 heteroatoms. The van der Waals surface area contributed by atoms with Gasteiger partial charge in [0.05, 0.1) is 24.8 Å². The Bertz CT molecular complexity index is 421. The second kappa shape index (κ2) is 3.22. The SMILES string of the molecule is c1ncc([C@@H]2OCCc3ccsc32)[nH]1. The Hall–Kier alpha value is -1.13. The monoisotopic (exact) mass is 206 g/mol. The summed E-state index contributed by atoms with van der Waals surface area (Å²) in [4.78, 5) is 8.45. The van der Waals surface area contributed by atoms with E-state index in [1.807, 2.05) is 6.20 Å². The topological polar surface area (TPSA) is 37.9 Å². The Morgan fingerprint density at radius 3 is 3.43 bits per heavy atom. The predicted octanol–water partition coefficient (Wildman–Crippen LogP) is 2.13. The number of imidazole rings is 1. The minimum absolute atomic E-state index is 0.0706. The van der Waals surface area contributed by atoms with E-state index in [4.69, 9.17) is 4.74 Å². The molecule has 0 aromatic carbocycles. The minimum atomic E-state index is 0.0706. The van der Waals surface area contributed by atoms with Crippen molar-refractivity contribution in [3.63, 3.8) is 0 Å². The lowest BCUT2D eigenvalue weighted by atomic mass is 10.1. The quantitative estimate of drug-likeness (QED) is 0.776. The number of nitrogens with zero attached hydrogens (tertiary/aromatic N) is 1. The van der Waals surface area contributed by atoms with Gasteiger partial charge in [-0.05, 0) is 23.4 Å². The Morgan fingerprint density at radius 2 is 2.57 bits per heavy atom. The van der Waals surface area contributed by atoms with Crippen molar-refractivity contribution in [2.45, 2.75) is 12.5 Å². The average molecular weight is 206 g/mol. The maximum atomic E-state index is 5.75. The van der Waals surface area contributed by atoms with Crippen LogP contribution in [0, 0.1) is 0 Å². The van der Waals surface area contributed by atoms with E-state index in [9.17, 15) is 0 Å². The van der Waals surface area contributed by atoms with Gasteiger partial charge in [-0.2, -0.15) is 0 Å². The van der Waals surface area contributed by atoms with Gasteiger partial charge in [0.1, 0.15) is 6.10 Å². The molecule has 72 valence electrons. The minimum Gasteiger partial charge on any atom is -0.366 e. The van der Waals surface area contributed by atoms with Crippen LogP contribution in [0.1, 0.15) is 22.2 Å². The first-order valence-corrected chi connectivity index (χ1v) is 5.49. The highest BCUT2D eigenvalue weighted by molar-refractivity contribution is 7.10. The Morgan fingerprint density at radius 1 is 1.57 bits per heavy atom. The molecule has 2 aromatic rings. The lowest BCUT2D eigenvalue weighted by molar-refractivity contribution is 0.0704.